The Kier molecular flexibility index (Phi) is 7.18. The zero-order chi connectivity index (χ0) is 18.3. The highest BCUT2D eigenvalue weighted by Gasteiger charge is 2.32. The number of nitrogens with zero attached hydrogens (tertiary/aromatic N) is 2. The number of benzene rings is 1. The molecule has 2 aromatic rings. The first-order valence-electron chi connectivity index (χ1n) is 6.87. The van der Waals surface area contributed by atoms with Crippen molar-refractivity contribution < 1.29 is 27.5 Å². The van der Waals surface area contributed by atoms with Gasteiger partial charge in [-0.15, -0.1) is 13.2 Å². The number of rotatable bonds is 4. The molecule has 0 saturated carbocycles. The molecule has 0 bridgehead atoms. The summed E-state index contributed by atoms with van der Waals surface area (Å²) in [5.41, 5.74) is 1.15. The van der Waals surface area contributed by atoms with Crippen LogP contribution in [0.3, 0.4) is 0 Å². The molecule has 0 fully saturated rings. The third kappa shape index (κ3) is 5.50. The molecule has 5 nitrogen and oxygen atoms in total. The maximum atomic E-state index is 12.6. The van der Waals surface area contributed by atoms with Gasteiger partial charge in [0, 0.05) is 17.1 Å². The first kappa shape index (κ1) is 19.9. The summed E-state index contributed by atoms with van der Waals surface area (Å²) >= 11 is 3.16. The standard InChI is InChI=1S/C14H14BrF3N2O.CO2/c1-3-10-8-20(13(4-2)19-10)11-6-5-9(15)7-12(11)21-14(16,17)18;2-1-3/h5-8H,3-4H2,1-2H3;. The Bertz CT molecular complexity index is 723. The average molecular weight is 407 g/mol. The SMILES string of the molecule is CCc1cn(-c2ccc(Br)cc2OC(F)(F)F)c(CC)n1.O=C=O. The van der Waals surface area contributed by atoms with Crippen molar-refractivity contribution in [3.8, 4) is 11.4 Å². The van der Waals surface area contributed by atoms with Crippen molar-refractivity contribution in [2.45, 2.75) is 33.1 Å². The molecular formula is C15H14BrF3N2O3. The van der Waals surface area contributed by atoms with E-state index >= 15 is 0 Å². The predicted molar refractivity (Wildman–Crippen MR) is 81.7 cm³/mol. The molecule has 0 saturated heterocycles. The Hall–Kier alpha value is -2.12. The number of hydrogen-bond acceptors (Lipinski definition) is 4. The quantitative estimate of drug-likeness (QED) is 0.767. The highest BCUT2D eigenvalue weighted by atomic mass is 79.9. The topological polar surface area (TPSA) is 61.2 Å². The largest absolute Gasteiger partial charge is 0.573 e. The smallest absolute Gasteiger partial charge is 0.403 e. The van der Waals surface area contributed by atoms with Gasteiger partial charge in [-0.1, -0.05) is 29.8 Å². The van der Waals surface area contributed by atoms with Gasteiger partial charge in [-0.05, 0) is 24.6 Å². The molecule has 0 unspecified atom stereocenters. The van der Waals surface area contributed by atoms with Crippen LogP contribution in [0.4, 0.5) is 13.2 Å². The maximum Gasteiger partial charge on any atom is 0.573 e. The second-order valence-electron chi connectivity index (χ2n) is 4.47. The molecule has 0 amide bonds. The lowest BCUT2D eigenvalue weighted by atomic mass is 10.2. The molecule has 0 aliphatic carbocycles. The number of ether oxygens (including phenoxy) is 1. The number of hydrogen-bond donors (Lipinski definition) is 0. The van der Waals surface area contributed by atoms with Gasteiger partial charge in [-0.2, -0.15) is 9.59 Å². The van der Waals surface area contributed by atoms with Crippen LogP contribution >= 0.6 is 15.9 Å². The fourth-order valence-electron chi connectivity index (χ4n) is 1.99. The van der Waals surface area contributed by atoms with E-state index in [1.807, 2.05) is 13.8 Å². The minimum Gasteiger partial charge on any atom is -0.403 e. The highest BCUT2D eigenvalue weighted by Crippen LogP contribution is 2.32. The van der Waals surface area contributed by atoms with Gasteiger partial charge >= 0.3 is 12.5 Å². The zero-order valence-corrected chi connectivity index (χ0v) is 14.4. The minimum atomic E-state index is -4.74. The van der Waals surface area contributed by atoms with Crippen LogP contribution in [-0.4, -0.2) is 22.1 Å². The number of halogens is 4. The van der Waals surface area contributed by atoms with E-state index in [1.54, 1.807) is 22.9 Å². The summed E-state index contributed by atoms with van der Waals surface area (Å²) in [6.45, 7) is 3.85. The van der Waals surface area contributed by atoms with Gasteiger partial charge in [-0.25, -0.2) is 4.98 Å². The second kappa shape index (κ2) is 8.65. The Morgan fingerprint density at radius 3 is 2.38 bits per heavy atom. The summed E-state index contributed by atoms with van der Waals surface area (Å²) in [5.74, 6) is 0.438. The van der Waals surface area contributed by atoms with Crippen LogP contribution in [0.2, 0.25) is 0 Å². The summed E-state index contributed by atoms with van der Waals surface area (Å²) in [7, 11) is 0. The molecule has 0 atom stereocenters. The zero-order valence-electron chi connectivity index (χ0n) is 12.9. The molecule has 2 rings (SSSR count). The van der Waals surface area contributed by atoms with E-state index in [-0.39, 0.29) is 11.9 Å². The Balaban J connectivity index is 0.000000891. The lowest BCUT2D eigenvalue weighted by Crippen LogP contribution is -2.18. The summed E-state index contributed by atoms with van der Waals surface area (Å²) < 4.78 is 44.0. The predicted octanol–water partition coefficient (Wildman–Crippen LogP) is 4.07. The minimum absolute atomic E-state index is 0.250. The number of aryl methyl sites for hydroxylation is 2. The van der Waals surface area contributed by atoms with E-state index in [4.69, 9.17) is 9.59 Å². The molecule has 0 aliphatic rings. The van der Waals surface area contributed by atoms with Crippen molar-refractivity contribution in [1.29, 1.82) is 0 Å². The number of alkyl halides is 3. The second-order valence-corrected chi connectivity index (χ2v) is 5.38. The van der Waals surface area contributed by atoms with Gasteiger partial charge in [-0.3, -0.25) is 4.57 Å². The molecule has 0 N–H and O–H groups in total. The Labute approximate surface area is 144 Å². The van der Waals surface area contributed by atoms with Crippen molar-refractivity contribution in [3.05, 3.63) is 40.4 Å². The van der Waals surface area contributed by atoms with Gasteiger partial charge in [0.1, 0.15) is 5.82 Å². The van der Waals surface area contributed by atoms with E-state index < -0.39 is 6.36 Å². The van der Waals surface area contributed by atoms with Gasteiger partial charge in [0.15, 0.2) is 5.75 Å². The van der Waals surface area contributed by atoms with Gasteiger partial charge in [0.05, 0.1) is 11.4 Å². The highest BCUT2D eigenvalue weighted by molar-refractivity contribution is 9.10. The summed E-state index contributed by atoms with van der Waals surface area (Å²) in [5, 5.41) is 0. The van der Waals surface area contributed by atoms with Crippen LogP contribution in [-0.2, 0) is 22.4 Å². The van der Waals surface area contributed by atoms with E-state index in [9.17, 15) is 13.2 Å². The fourth-order valence-corrected chi connectivity index (χ4v) is 2.33. The lowest BCUT2D eigenvalue weighted by molar-refractivity contribution is -0.274. The van der Waals surface area contributed by atoms with Crippen molar-refractivity contribution in [3.63, 3.8) is 0 Å². The first-order valence-corrected chi connectivity index (χ1v) is 7.67. The Morgan fingerprint density at radius 1 is 1.25 bits per heavy atom. The molecule has 0 radical (unpaired) electrons. The fraction of sp³-hybridized carbons (Fsp3) is 0.333. The third-order valence-electron chi connectivity index (χ3n) is 2.91. The van der Waals surface area contributed by atoms with E-state index in [2.05, 4.69) is 25.7 Å². The monoisotopic (exact) mass is 406 g/mol. The van der Waals surface area contributed by atoms with Crippen LogP contribution in [0.1, 0.15) is 25.4 Å². The van der Waals surface area contributed by atoms with Crippen molar-refractivity contribution in [1.82, 2.24) is 9.55 Å². The molecule has 0 spiro atoms. The van der Waals surface area contributed by atoms with E-state index in [0.29, 0.717) is 28.8 Å². The van der Waals surface area contributed by atoms with Crippen LogP contribution < -0.4 is 4.74 Å². The molecular weight excluding hydrogens is 393 g/mol. The lowest BCUT2D eigenvalue weighted by Gasteiger charge is -2.15. The van der Waals surface area contributed by atoms with Gasteiger partial charge < -0.3 is 4.74 Å². The number of imidazole rings is 1. The van der Waals surface area contributed by atoms with Crippen molar-refractivity contribution in [2.75, 3.05) is 0 Å². The molecule has 9 heteroatoms. The molecule has 1 aromatic heterocycles. The van der Waals surface area contributed by atoms with Crippen LogP contribution in [0.15, 0.2) is 28.9 Å². The molecule has 0 aliphatic heterocycles. The van der Waals surface area contributed by atoms with Crippen LogP contribution in [0.25, 0.3) is 5.69 Å². The normalized spacial score (nSPS) is 10.6. The molecule has 1 aromatic carbocycles. The van der Waals surface area contributed by atoms with Gasteiger partial charge in [0.2, 0.25) is 0 Å². The van der Waals surface area contributed by atoms with Gasteiger partial charge in [0.25, 0.3) is 0 Å². The van der Waals surface area contributed by atoms with Crippen LogP contribution in [0, 0.1) is 0 Å². The van der Waals surface area contributed by atoms with Crippen molar-refractivity contribution >= 4 is 22.1 Å². The number of aromatic nitrogens is 2. The summed E-state index contributed by atoms with van der Waals surface area (Å²) in [6, 6.07) is 4.54. The summed E-state index contributed by atoms with van der Waals surface area (Å²) in [6.07, 6.45) is -1.42. The van der Waals surface area contributed by atoms with Crippen molar-refractivity contribution in [2.24, 2.45) is 0 Å². The van der Waals surface area contributed by atoms with E-state index in [0.717, 1.165) is 5.69 Å². The molecule has 24 heavy (non-hydrogen) atoms. The summed E-state index contributed by atoms with van der Waals surface area (Å²) in [4.78, 5) is 20.6. The third-order valence-corrected chi connectivity index (χ3v) is 3.41. The number of carbonyl (C=O) groups excluding carboxylic acids is 2. The van der Waals surface area contributed by atoms with E-state index in [1.165, 1.54) is 6.07 Å². The molecule has 1 heterocycles. The van der Waals surface area contributed by atoms with Crippen LogP contribution in [0.5, 0.6) is 5.75 Å². The average Bonchev–Trinajstić information content (AvgIpc) is 2.90. The Morgan fingerprint density at radius 2 is 1.88 bits per heavy atom. The maximum absolute atomic E-state index is 12.6. The first-order chi connectivity index (χ1) is 11.3. The molecule has 130 valence electrons.